The molecule has 0 saturated carbocycles. The summed E-state index contributed by atoms with van der Waals surface area (Å²) in [6.07, 6.45) is 3.38. The van der Waals surface area contributed by atoms with Crippen LogP contribution in [0.15, 0.2) is 12.1 Å². The topological polar surface area (TPSA) is 17.1 Å². The number of rotatable bonds is 2. The standard InChI is InChI=1S/C15H19FO/c1-4-15(5-2)7-6-13(17)14-10(3)8-11(16)9-12(14)15/h8-9H,4-7H2,1-3H3. The molecule has 1 aliphatic rings. The number of benzene rings is 1. The molecule has 0 aliphatic heterocycles. The molecule has 0 saturated heterocycles. The van der Waals surface area contributed by atoms with Crippen molar-refractivity contribution < 1.29 is 9.18 Å². The lowest BCUT2D eigenvalue weighted by Crippen LogP contribution is -2.33. The van der Waals surface area contributed by atoms with Crippen LogP contribution in [0.4, 0.5) is 4.39 Å². The third-order valence-electron chi connectivity index (χ3n) is 4.33. The molecule has 0 atom stereocenters. The molecular weight excluding hydrogens is 215 g/mol. The number of halogens is 1. The van der Waals surface area contributed by atoms with E-state index in [1.54, 1.807) is 6.07 Å². The fraction of sp³-hybridized carbons (Fsp3) is 0.533. The van der Waals surface area contributed by atoms with E-state index in [9.17, 15) is 9.18 Å². The predicted octanol–water partition coefficient (Wildman–Crippen LogP) is 4.17. The van der Waals surface area contributed by atoms with Gasteiger partial charge in [-0.15, -0.1) is 0 Å². The summed E-state index contributed by atoms with van der Waals surface area (Å²) in [5, 5.41) is 0. The summed E-state index contributed by atoms with van der Waals surface area (Å²) in [6.45, 7) is 6.09. The Morgan fingerprint density at radius 2 is 1.94 bits per heavy atom. The van der Waals surface area contributed by atoms with Gasteiger partial charge in [0.05, 0.1) is 0 Å². The van der Waals surface area contributed by atoms with Crippen LogP contribution in [0.1, 0.15) is 61.0 Å². The highest BCUT2D eigenvalue weighted by Gasteiger charge is 2.37. The fourth-order valence-corrected chi connectivity index (χ4v) is 3.13. The lowest BCUT2D eigenvalue weighted by Gasteiger charge is -2.38. The van der Waals surface area contributed by atoms with Crippen LogP contribution in [-0.4, -0.2) is 5.78 Å². The Balaban J connectivity index is 2.71. The monoisotopic (exact) mass is 234 g/mol. The highest BCUT2D eigenvalue weighted by molar-refractivity contribution is 6.00. The van der Waals surface area contributed by atoms with Crippen LogP contribution < -0.4 is 0 Å². The molecule has 0 fully saturated rings. The second-order valence-corrected chi connectivity index (χ2v) is 5.06. The molecule has 0 heterocycles. The highest BCUT2D eigenvalue weighted by atomic mass is 19.1. The lowest BCUT2D eigenvalue weighted by atomic mass is 9.66. The molecule has 92 valence electrons. The third-order valence-corrected chi connectivity index (χ3v) is 4.33. The normalized spacial score (nSPS) is 18.0. The first-order chi connectivity index (χ1) is 8.04. The van der Waals surface area contributed by atoms with Crippen LogP contribution in [0, 0.1) is 12.7 Å². The first-order valence-electron chi connectivity index (χ1n) is 6.38. The minimum atomic E-state index is -0.220. The van der Waals surface area contributed by atoms with Crippen molar-refractivity contribution in [3.8, 4) is 0 Å². The molecule has 1 aromatic rings. The van der Waals surface area contributed by atoms with Crippen molar-refractivity contribution >= 4 is 5.78 Å². The van der Waals surface area contributed by atoms with Crippen LogP contribution in [0.25, 0.3) is 0 Å². The molecule has 0 amide bonds. The van der Waals surface area contributed by atoms with Gasteiger partial charge in [-0.05, 0) is 54.9 Å². The predicted molar refractivity (Wildman–Crippen MR) is 67.0 cm³/mol. The van der Waals surface area contributed by atoms with E-state index in [1.165, 1.54) is 6.07 Å². The summed E-state index contributed by atoms with van der Waals surface area (Å²) < 4.78 is 13.6. The Morgan fingerprint density at radius 3 is 2.53 bits per heavy atom. The Kier molecular flexibility index (Phi) is 3.07. The van der Waals surface area contributed by atoms with Gasteiger partial charge in [-0.1, -0.05) is 13.8 Å². The van der Waals surface area contributed by atoms with Gasteiger partial charge in [0.2, 0.25) is 0 Å². The molecule has 0 aromatic heterocycles. The molecule has 1 aromatic carbocycles. The summed E-state index contributed by atoms with van der Waals surface area (Å²) in [5.74, 6) is -0.0442. The molecule has 0 radical (unpaired) electrons. The molecular formula is C15H19FO. The molecule has 0 N–H and O–H groups in total. The maximum atomic E-state index is 13.6. The molecule has 0 spiro atoms. The van der Waals surface area contributed by atoms with Gasteiger partial charge < -0.3 is 0 Å². The molecule has 0 unspecified atom stereocenters. The Labute approximate surface area is 102 Å². The van der Waals surface area contributed by atoms with Crippen molar-refractivity contribution in [1.82, 2.24) is 0 Å². The first-order valence-corrected chi connectivity index (χ1v) is 6.38. The van der Waals surface area contributed by atoms with Gasteiger partial charge in [0, 0.05) is 12.0 Å². The van der Waals surface area contributed by atoms with Crippen molar-refractivity contribution in [2.45, 2.75) is 51.9 Å². The van der Waals surface area contributed by atoms with E-state index in [1.807, 2.05) is 6.92 Å². The van der Waals surface area contributed by atoms with Gasteiger partial charge in [-0.2, -0.15) is 0 Å². The van der Waals surface area contributed by atoms with Gasteiger partial charge in [0.15, 0.2) is 5.78 Å². The van der Waals surface area contributed by atoms with E-state index >= 15 is 0 Å². The van der Waals surface area contributed by atoms with Gasteiger partial charge in [0.1, 0.15) is 5.82 Å². The van der Waals surface area contributed by atoms with Crippen molar-refractivity contribution in [2.75, 3.05) is 0 Å². The first kappa shape index (κ1) is 12.3. The van der Waals surface area contributed by atoms with E-state index in [0.717, 1.165) is 36.0 Å². The number of hydrogen-bond donors (Lipinski definition) is 0. The highest BCUT2D eigenvalue weighted by Crippen LogP contribution is 2.43. The summed E-state index contributed by atoms with van der Waals surface area (Å²) in [6, 6.07) is 3.05. The summed E-state index contributed by atoms with van der Waals surface area (Å²) in [4.78, 5) is 12.0. The number of fused-ring (bicyclic) bond motifs is 1. The van der Waals surface area contributed by atoms with Crippen molar-refractivity contribution in [2.24, 2.45) is 0 Å². The number of aryl methyl sites for hydroxylation is 1. The van der Waals surface area contributed by atoms with Gasteiger partial charge in [-0.3, -0.25) is 4.79 Å². The third kappa shape index (κ3) is 1.80. The number of carbonyl (C=O) groups excluding carboxylic acids is 1. The maximum Gasteiger partial charge on any atom is 0.163 e. The summed E-state index contributed by atoms with van der Waals surface area (Å²) >= 11 is 0. The Morgan fingerprint density at radius 1 is 1.29 bits per heavy atom. The maximum absolute atomic E-state index is 13.6. The molecule has 2 heteroatoms. The average molecular weight is 234 g/mol. The van der Waals surface area contributed by atoms with Crippen molar-refractivity contribution in [1.29, 1.82) is 0 Å². The van der Waals surface area contributed by atoms with Gasteiger partial charge in [-0.25, -0.2) is 4.39 Å². The van der Waals surface area contributed by atoms with Gasteiger partial charge in [0.25, 0.3) is 0 Å². The number of ketones is 1. The largest absolute Gasteiger partial charge is 0.294 e. The molecule has 2 rings (SSSR count). The van der Waals surface area contributed by atoms with Crippen LogP contribution >= 0.6 is 0 Å². The van der Waals surface area contributed by atoms with E-state index in [0.29, 0.717) is 6.42 Å². The number of hydrogen-bond acceptors (Lipinski definition) is 1. The second kappa shape index (κ2) is 4.25. The zero-order valence-corrected chi connectivity index (χ0v) is 10.8. The van der Waals surface area contributed by atoms with Crippen molar-refractivity contribution in [3.63, 3.8) is 0 Å². The minimum absolute atomic E-state index is 0.00387. The smallest absolute Gasteiger partial charge is 0.163 e. The Bertz CT molecular complexity index is 458. The molecule has 1 nitrogen and oxygen atoms in total. The summed E-state index contributed by atoms with van der Waals surface area (Å²) in [5.41, 5.74) is 2.50. The van der Waals surface area contributed by atoms with Crippen LogP contribution in [0.3, 0.4) is 0 Å². The molecule has 1 aliphatic carbocycles. The summed E-state index contributed by atoms with van der Waals surface area (Å²) in [7, 11) is 0. The molecule has 0 bridgehead atoms. The lowest BCUT2D eigenvalue weighted by molar-refractivity contribution is 0.0947. The van der Waals surface area contributed by atoms with Gasteiger partial charge >= 0.3 is 0 Å². The zero-order chi connectivity index (χ0) is 12.6. The Hall–Kier alpha value is -1.18. The van der Waals surface area contributed by atoms with Crippen LogP contribution in [0.2, 0.25) is 0 Å². The number of carbonyl (C=O) groups is 1. The van der Waals surface area contributed by atoms with E-state index in [-0.39, 0.29) is 17.0 Å². The van der Waals surface area contributed by atoms with E-state index < -0.39 is 0 Å². The second-order valence-electron chi connectivity index (χ2n) is 5.06. The van der Waals surface area contributed by atoms with Crippen molar-refractivity contribution in [3.05, 3.63) is 34.6 Å². The minimum Gasteiger partial charge on any atom is -0.294 e. The van der Waals surface area contributed by atoms with E-state index in [2.05, 4.69) is 13.8 Å². The number of Topliss-reactive ketones (excluding diaryl/α,β-unsaturated/α-hetero) is 1. The average Bonchev–Trinajstić information content (AvgIpc) is 2.29. The van der Waals surface area contributed by atoms with E-state index in [4.69, 9.17) is 0 Å². The SMILES string of the molecule is CCC1(CC)CCC(=O)c2c(C)cc(F)cc21. The van der Waals surface area contributed by atoms with Crippen LogP contribution in [0.5, 0.6) is 0 Å². The zero-order valence-electron chi connectivity index (χ0n) is 10.8. The quantitative estimate of drug-likeness (QED) is 0.750. The fourth-order valence-electron chi connectivity index (χ4n) is 3.13. The van der Waals surface area contributed by atoms with Crippen LogP contribution in [-0.2, 0) is 5.41 Å². The molecule has 17 heavy (non-hydrogen) atoms.